The number of nitrogens with one attached hydrogen (secondary N) is 1. The molecule has 6 nitrogen and oxygen atoms in total. The number of carbonyl (C=O) groups is 1. The molecule has 0 bridgehead atoms. The molecule has 1 amide bonds. The number of sulfonamides is 1. The van der Waals surface area contributed by atoms with Crippen molar-refractivity contribution in [2.45, 2.75) is 17.2 Å². The van der Waals surface area contributed by atoms with Crippen LogP contribution in [0.3, 0.4) is 0 Å². The Kier molecular flexibility index (Phi) is 5.93. The van der Waals surface area contributed by atoms with E-state index in [9.17, 15) is 13.2 Å². The van der Waals surface area contributed by atoms with Gasteiger partial charge < -0.3 is 4.74 Å². The van der Waals surface area contributed by atoms with E-state index in [1.807, 2.05) is 37.3 Å². The van der Waals surface area contributed by atoms with Crippen molar-refractivity contribution in [2.24, 2.45) is 0 Å². The molecular weight excluding hydrogens is 432 g/mol. The van der Waals surface area contributed by atoms with Crippen molar-refractivity contribution < 1.29 is 17.9 Å². The quantitative estimate of drug-likeness (QED) is 0.590. The Morgan fingerprint density at radius 2 is 1.74 bits per heavy atom. The van der Waals surface area contributed by atoms with Crippen molar-refractivity contribution >= 4 is 39.1 Å². The van der Waals surface area contributed by atoms with E-state index in [0.29, 0.717) is 17.2 Å². The Morgan fingerprint density at radius 1 is 1.03 bits per heavy atom. The maximum absolute atomic E-state index is 12.8. The number of carbonyl (C=O) groups excluding carboxylic acids is 1. The number of anilines is 2. The van der Waals surface area contributed by atoms with Crippen LogP contribution in [0.15, 0.2) is 77.7 Å². The summed E-state index contributed by atoms with van der Waals surface area (Å²) in [6.45, 7) is 2.00. The van der Waals surface area contributed by atoms with Crippen molar-refractivity contribution in [2.75, 3.05) is 22.5 Å². The highest BCUT2D eigenvalue weighted by molar-refractivity contribution is 8.00. The fraction of sp³-hybridized carbons (Fsp3) is 0.174. The van der Waals surface area contributed by atoms with Crippen LogP contribution in [-0.2, 0) is 14.8 Å². The van der Waals surface area contributed by atoms with E-state index in [0.717, 1.165) is 16.8 Å². The van der Waals surface area contributed by atoms with Crippen molar-refractivity contribution in [1.82, 2.24) is 0 Å². The summed E-state index contributed by atoms with van der Waals surface area (Å²) in [4.78, 5) is 14.5. The number of thioether (sulfide) groups is 1. The lowest BCUT2D eigenvalue weighted by atomic mass is 10.1. The number of amides is 1. The molecule has 0 aromatic heterocycles. The third-order valence-electron chi connectivity index (χ3n) is 4.97. The fourth-order valence-electron chi connectivity index (χ4n) is 3.38. The molecule has 1 atom stereocenters. The van der Waals surface area contributed by atoms with Gasteiger partial charge in [0.1, 0.15) is 11.1 Å². The summed E-state index contributed by atoms with van der Waals surface area (Å²) in [5.41, 5.74) is 3.24. The number of rotatable bonds is 6. The van der Waals surface area contributed by atoms with E-state index >= 15 is 0 Å². The molecule has 0 saturated carbocycles. The van der Waals surface area contributed by atoms with Crippen LogP contribution < -0.4 is 14.4 Å². The van der Waals surface area contributed by atoms with Crippen LogP contribution in [0.4, 0.5) is 11.4 Å². The van der Waals surface area contributed by atoms with Gasteiger partial charge in [-0.1, -0.05) is 29.8 Å². The van der Waals surface area contributed by atoms with Gasteiger partial charge in [0.25, 0.3) is 10.0 Å². The molecule has 0 aliphatic carbocycles. The number of aryl methyl sites for hydroxylation is 1. The number of benzene rings is 3. The van der Waals surface area contributed by atoms with E-state index in [4.69, 9.17) is 4.74 Å². The molecule has 1 saturated heterocycles. The van der Waals surface area contributed by atoms with Crippen LogP contribution >= 0.6 is 11.8 Å². The number of hydrogen-bond donors (Lipinski definition) is 1. The lowest BCUT2D eigenvalue weighted by Gasteiger charge is -2.25. The smallest absolute Gasteiger partial charge is 0.261 e. The molecule has 8 heteroatoms. The average Bonchev–Trinajstić information content (AvgIpc) is 3.15. The van der Waals surface area contributed by atoms with E-state index in [-0.39, 0.29) is 16.2 Å². The van der Waals surface area contributed by atoms with E-state index in [1.165, 1.54) is 31.0 Å². The van der Waals surface area contributed by atoms with Gasteiger partial charge in [-0.3, -0.25) is 14.4 Å². The highest BCUT2D eigenvalue weighted by atomic mass is 32.2. The molecule has 31 heavy (non-hydrogen) atoms. The number of hydrogen-bond acceptors (Lipinski definition) is 5. The first-order chi connectivity index (χ1) is 14.9. The minimum absolute atomic E-state index is 0.0306. The van der Waals surface area contributed by atoms with Crippen LogP contribution in [0.2, 0.25) is 0 Å². The number of methoxy groups -OCH3 is 1. The Balaban J connectivity index is 1.60. The zero-order valence-corrected chi connectivity index (χ0v) is 18.7. The largest absolute Gasteiger partial charge is 0.497 e. The highest BCUT2D eigenvalue weighted by Crippen LogP contribution is 2.42. The minimum atomic E-state index is -3.75. The second kappa shape index (κ2) is 8.64. The summed E-state index contributed by atoms with van der Waals surface area (Å²) < 4.78 is 33.3. The van der Waals surface area contributed by atoms with Gasteiger partial charge in [0.15, 0.2) is 0 Å². The van der Waals surface area contributed by atoms with E-state index in [1.54, 1.807) is 35.2 Å². The third kappa shape index (κ3) is 4.55. The van der Waals surface area contributed by atoms with Gasteiger partial charge in [-0.2, -0.15) is 0 Å². The molecule has 1 aliphatic heterocycles. The van der Waals surface area contributed by atoms with Gasteiger partial charge in [0.2, 0.25) is 5.91 Å². The maximum atomic E-state index is 12.8. The molecule has 0 radical (unpaired) electrons. The Hall–Kier alpha value is -2.97. The molecule has 1 N–H and O–H groups in total. The average molecular weight is 455 g/mol. The predicted molar refractivity (Wildman–Crippen MR) is 124 cm³/mol. The van der Waals surface area contributed by atoms with Crippen LogP contribution in [-0.4, -0.2) is 27.2 Å². The molecule has 4 rings (SSSR count). The Bertz CT molecular complexity index is 1190. The maximum Gasteiger partial charge on any atom is 0.261 e. The lowest BCUT2D eigenvalue weighted by molar-refractivity contribution is -0.115. The van der Waals surface area contributed by atoms with Crippen LogP contribution in [0.1, 0.15) is 16.5 Å². The Morgan fingerprint density at radius 3 is 2.42 bits per heavy atom. The van der Waals surface area contributed by atoms with Gasteiger partial charge in [0.05, 0.1) is 17.8 Å². The number of nitrogens with zero attached hydrogens (tertiary/aromatic N) is 1. The Labute approximate surface area is 186 Å². The summed E-state index contributed by atoms with van der Waals surface area (Å²) in [5, 5.41) is -0.222. The molecule has 3 aromatic carbocycles. The van der Waals surface area contributed by atoms with Crippen molar-refractivity contribution in [3.05, 3.63) is 83.9 Å². The van der Waals surface area contributed by atoms with Gasteiger partial charge >= 0.3 is 0 Å². The topological polar surface area (TPSA) is 75.7 Å². The molecule has 1 fully saturated rings. The predicted octanol–water partition coefficient (Wildman–Crippen LogP) is 4.58. The van der Waals surface area contributed by atoms with E-state index < -0.39 is 10.0 Å². The molecule has 0 spiro atoms. The summed E-state index contributed by atoms with van der Waals surface area (Å²) in [7, 11) is -2.23. The summed E-state index contributed by atoms with van der Waals surface area (Å²) >= 11 is 1.52. The minimum Gasteiger partial charge on any atom is -0.497 e. The van der Waals surface area contributed by atoms with Crippen LogP contribution in [0.25, 0.3) is 0 Å². The third-order valence-corrected chi connectivity index (χ3v) is 7.58. The molecule has 160 valence electrons. The molecule has 1 heterocycles. The monoisotopic (exact) mass is 454 g/mol. The van der Waals surface area contributed by atoms with Crippen molar-refractivity contribution in [1.29, 1.82) is 0 Å². The zero-order chi connectivity index (χ0) is 22.0. The summed E-state index contributed by atoms with van der Waals surface area (Å²) in [5.74, 6) is 0.989. The van der Waals surface area contributed by atoms with Crippen molar-refractivity contribution in [3.63, 3.8) is 0 Å². The fourth-order valence-corrected chi connectivity index (χ4v) is 5.60. The highest BCUT2D eigenvalue weighted by Gasteiger charge is 2.34. The van der Waals surface area contributed by atoms with Gasteiger partial charge in [-0.25, -0.2) is 8.42 Å². The second-order valence-electron chi connectivity index (χ2n) is 7.17. The van der Waals surface area contributed by atoms with Crippen LogP contribution in [0, 0.1) is 6.92 Å². The van der Waals surface area contributed by atoms with Gasteiger partial charge in [0, 0.05) is 11.4 Å². The lowest BCUT2D eigenvalue weighted by Crippen LogP contribution is -2.27. The van der Waals surface area contributed by atoms with Gasteiger partial charge in [-0.05, 0) is 61.0 Å². The molecule has 1 aliphatic rings. The normalized spacial score (nSPS) is 16.4. The van der Waals surface area contributed by atoms with E-state index in [2.05, 4.69) is 4.72 Å². The first kappa shape index (κ1) is 21.3. The first-order valence-electron chi connectivity index (χ1n) is 9.64. The van der Waals surface area contributed by atoms with Crippen molar-refractivity contribution in [3.8, 4) is 5.75 Å². The van der Waals surface area contributed by atoms with Gasteiger partial charge in [-0.15, -0.1) is 11.8 Å². The first-order valence-corrected chi connectivity index (χ1v) is 12.2. The summed E-state index contributed by atoms with van der Waals surface area (Å²) in [6.07, 6.45) is 0. The SMILES string of the molecule is COc1ccc(S(=O)(=O)Nc2cccc([C@@H]3SCC(=O)N3c3ccc(C)cc3)c2)cc1. The van der Waals surface area contributed by atoms with Crippen LogP contribution in [0.5, 0.6) is 5.75 Å². The summed E-state index contributed by atoms with van der Waals surface area (Å²) in [6, 6.07) is 21.2. The molecular formula is C23H22N2O4S2. The zero-order valence-electron chi connectivity index (χ0n) is 17.1. The standard InChI is InChI=1S/C23H22N2O4S2/c1-16-6-8-19(9-7-16)25-22(26)15-30-23(25)17-4-3-5-18(14-17)24-31(27,28)21-12-10-20(29-2)11-13-21/h3-14,23-24H,15H2,1-2H3/t23-/m0/s1. The molecule has 3 aromatic rings. The second-order valence-corrected chi connectivity index (χ2v) is 9.92. The molecule has 0 unspecified atom stereocenters. The number of ether oxygens (including phenoxy) is 1.